The minimum absolute atomic E-state index is 0.103. The molecule has 0 unspecified atom stereocenters. The SMILES string of the molecule is C=C1N(C)c2c(Cl)cc(NC(C)=O)cc2C1(C)C. The average Bonchev–Trinajstić information content (AvgIpc) is 2.40. The van der Waals surface area contributed by atoms with Gasteiger partial charge in [0.1, 0.15) is 0 Å². The zero-order valence-corrected chi connectivity index (χ0v) is 11.9. The summed E-state index contributed by atoms with van der Waals surface area (Å²) in [5, 5.41) is 3.40. The zero-order valence-electron chi connectivity index (χ0n) is 11.1. The van der Waals surface area contributed by atoms with Crippen LogP contribution in [0.1, 0.15) is 26.3 Å². The second kappa shape index (κ2) is 4.02. The van der Waals surface area contributed by atoms with Gasteiger partial charge in [0.15, 0.2) is 0 Å². The lowest BCUT2D eigenvalue weighted by Gasteiger charge is -2.22. The van der Waals surface area contributed by atoms with Gasteiger partial charge < -0.3 is 10.2 Å². The van der Waals surface area contributed by atoms with E-state index < -0.39 is 0 Å². The van der Waals surface area contributed by atoms with Gasteiger partial charge in [-0.05, 0) is 17.7 Å². The van der Waals surface area contributed by atoms with E-state index in [4.69, 9.17) is 11.6 Å². The number of amides is 1. The van der Waals surface area contributed by atoms with Gasteiger partial charge in [-0.3, -0.25) is 4.79 Å². The summed E-state index contributed by atoms with van der Waals surface area (Å²) >= 11 is 6.31. The molecule has 0 spiro atoms. The van der Waals surface area contributed by atoms with Crippen LogP contribution in [0.2, 0.25) is 5.02 Å². The molecule has 96 valence electrons. The fraction of sp³-hybridized carbons (Fsp3) is 0.357. The average molecular weight is 265 g/mol. The molecule has 1 aromatic carbocycles. The van der Waals surface area contributed by atoms with Gasteiger partial charge in [0.05, 0.1) is 10.7 Å². The number of carbonyl (C=O) groups is 1. The zero-order chi connectivity index (χ0) is 13.7. The third-order valence-electron chi connectivity index (χ3n) is 3.52. The van der Waals surface area contributed by atoms with Crippen molar-refractivity contribution in [2.75, 3.05) is 17.3 Å². The number of nitrogens with one attached hydrogen (secondary N) is 1. The maximum Gasteiger partial charge on any atom is 0.221 e. The number of carbonyl (C=O) groups excluding carboxylic acids is 1. The molecule has 18 heavy (non-hydrogen) atoms. The number of hydrogen-bond donors (Lipinski definition) is 1. The first-order valence-corrected chi connectivity index (χ1v) is 6.17. The van der Waals surface area contributed by atoms with Crippen molar-refractivity contribution in [2.24, 2.45) is 0 Å². The molecule has 2 rings (SSSR count). The van der Waals surface area contributed by atoms with Crippen molar-refractivity contribution in [3.05, 3.63) is 35.0 Å². The molecule has 1 amide bonds. The van der Waals surface area contributed by atoms with E-state index in [0.29, 0.717) is 5.02 Å². The van der Waals surface area contributed by atoms with E-state index in [1.807, 2.05) is 18.0 Å². The molecule has 0 bridgehead atoms. The Morgan fingerprint density at radius 2 is 2.06 bits per heavy atom. The van der Waals surface area contributed by atoms with Crippen LogP contribution in [0.15, 0.2) is 24.4 Å². The number of hydrogen-bond acceptors (Lipinski definition) is 2. The summed E-state index contributed by atoms with van der Waals surface area (Å²) < 4.78 is 0. The Morgan fingerprint density at radius 1 is 1.44 bits per heavy atom. The lowest BCUT2D eigenvalue weighted by Crippen LogP contribution is -2.21. The summed E-state index contributed by atoms with van der Waals surface area (Å²) in [6, 6.07) is 3.74. The Hall–Kier alpha value is -1.48. The molecule has 0 saturated heterocycles. The first-order chi connectivity index (χ1) is 8.25. The lowest BCUT2D eigenvalue weighted by atomic mass is 9.84. The summed E-state index contributed by atoms with van der Waals surface area (Å²) in [5.74, 6) is -0.103. The van der Waals surface area contributed by atoms with Crippen LogP contribution in [0, 0.1) is 0 Å². The summed E-state index contributed by atoms with van der Waals surface area (Å²) in [4.78, 5) is 13.1. The summed E-state index contributed by atoms with van der Waals surface area (Å²) in [5.41, 5.74) is 3.61. The van der Waals surface area contributed by atoms with Gasteiger partial charge in [-0.2, -0.15) is 0 Å². The highest BCUT2D eigenvalue weighted by Crippen LogP contribution is 2.50. The second-order valence-electron chi connectivity index (χ2n) is 5.17. The van der Waals surface area contributed by atoms with Gasteiger partial charge in [0.2, 0.25) is 5.91 Å². The Bertz CT molecular complexity index is 549. The molecule has 0 fully saturated rings. The van der Waals surface area contributed by atoms with Crippen LogP contribution in [0.4, 0.5) is 11.4 Å². The molecule has 1 aliphatic rings. The fourth-order valence-corrected chi connectivity index (χ4v) is 2.75. The molecular formula is C14H17ClN2O. The number of halogens is 1. The monoisotopic (exact) mass is 264 g/mol. The standard InChI is InChI=1S/C14H17ClN2O/c1-8-14(3,4)11-6-10(16-9(2)18)7-12(15)13(11)17(8)5/h6-7H,1H2,2-5H3,(H,16,18). The van der Waals surface area contributed by atoms with E-state index in [-0.39, 0.29) is 11.3 Å². The van der Waals surface area contributed by atoms with Crippen molar-refractivity contribution < 1.29 is 4.79 Å². The van der Waals surface area contributed by atoms with E-state index in [1.165, 1.54) is 6.92 Å². The maximum atomic E-state index is 11.1. The topological polar surface area (TPSA) is 32.3 Å². The maximum absolute atomic E-state index is 11.1. The Labute approximate surface area is 112 Å². The van der Waals surface area contributed by atoms with Crippen LogP contribution in [0.3, 0.4) is 0 Å². The highest BCUT2D eigenvalue weighted by Gasteiger charge is 2.38. The van der Waals surface area contributed by atoms with Crippen LogP contribution >= 0.6 is 11.6 Å². The van der Waals surface area contributed by atoms with Crippen LogP contribution in [0.5, 0.6) is 0 Å². The van der Waals surface area contributed by atoms with Gasteiger partial charge >= 0.3 is 0 Å². The second-order valence-corrected chi connectivity index (χ2v) is 5.57. The molecule has 0 aliphatic carbocycles. The predicted molar refractivity (Wildman–Crippen MR) is 76.3 cm³/mol. The highest BCUT2D eigenvalue weighted by molar-refractivity contribution is 6.34. The van der Waals surface area contributed by atoms with Crippen LogP contribution in [-0.2, 0) is 10.2 Å². The molecule has 0 saturated carbocycles. The fourth-order valence-electron chi connectivity index (χ4n) is 2.40. The molecule has 1 aliphatic heterocycles. The Balaban J connectivity index is 2.61. The van der Waals surface area contributed by atoms with E-state index >= 15 is 0 Å². The van der Waals surface area contributed by atoms with E-state index in [0.717, 1.165) is 22.6 Å². The van der Waals surface area contributed by atoms with Gasteiger partial charge in [-0.25, -0.2) is 0 Å². The normalized spacial score (nSPS) is 16.7. The molecule has 4 heteroatoms. The Kier molecular flexibility index (Phi) is 2.90. The number of likely N-dealkylation sites (N-methyl/N-ethyl adjacent to an activating group) is 1. The third-order valence-corrected chi connectivity index (χ3v) is 3.81. The third kappa shape index (κ3) is 1.79. The molecule has 1 heterocycles. The van der Waals surface area contributed by atoms with Gasteiger partial charge in [-0.15, -0.1) is 0 Å². The first-order valence-electron chi connectivity index (χ1n) is 5.80. The smallest absolute Gasteiger partial charge is 0.221 e. The van der Waals surface area contributed by atoms with Gasteiger partial charge in [0.25, 0.3) is 0 Å². The van der Waals surface area contributed by atoms with Crippen molar-refractivity contribution in [3.8, 4) is 0 Å². The van der Waals surface area contributed by atoms with Crippen molar-refractivity contribution in [1.82, 2.24) is 0 Å². The summed E-state index contributed by atoms with van der Waals surface area (Å²) in [7, 11) is 1.96. The highest BCUT2D eigenvalue weighted by atomic mass is 35.5. The molecule has 1 aromatic rings. The summed E-state index contributed by atoms with van der Waals surface area (Å²) in [6.45, 7) is 9.80. The quantitative estimate of drug-likeness (QED) is 0.841. The van der Waals surface area contributed by atoms with Crippen molar-refractivity contribution in [2.45, 2.75) is 26.2 Å². The Morgan fingerprint density at radius 3 is 2.61 bits per heavy atom. The van der Waals surface area contributed by atoms with Gasteiger partial charge in [-0.1, -0.05) is 32.0 Å². The van der Waals surface area contributed by atoms with E-state index in [1.54, 1.807) is 6.07 Å². The van der Waals surface area contributed by atoms with Crippen LogP contribution in [0.25, 0.3) is 0 Å². The van der Waals surface area contributed by atoms with Crippen molar-refractivity contribution in [3.63, 3.8) is 0 Å². The molecule has 0 atom stereocenters. The number of benzene rings is 1. The minimum Gasteiger partial charge on any atom is -0.346 e. The van der Waals surface area contributed by atoms with Crippen LogP contribution in [-0.4, -0.2) is 13.0 Å². The number of allylic oxidation sites excluding steroid dienone is 1. The number of rotatable bonds is 1. The lowest BCUT2D eigenvalue weighted by molar-refractivity contribution is -0.114. The number of anilines is 2. The predicted octanol–water partition coefficient (Wildman–Crippen LogP) is 3.54. The van der Waals surface area contributed by atoms with E-state index in [2.05, 4.69) is 25.7 Å². The summed E-state index contributed by atoms with van der Waals surface area (Å²) in [6.07, 6.45) is 0. The van der Waals surface area contributed by atoms with Crippen molar-refractivity contribution >= 4 is 28.9 Å². The van der Waals surface area contributed by atoms with Crippen molar-refractivity contribution in [1.29, 1.82) is 0 Å². The largest absolute Gasteiger partial charge is 0.346 e. The molecule has 3 nitrogen and oxygen atoms in total. The number of fused-ring (bicyclic) bond motifs is 1. The molecule has 1 N–H and O–H groups in total. The molecular weight excluding hydrogens is 248 g/mol. The molecule has 0 radical (unpaired) electrons. The number of nitrogens with zero attached hydrogens (tertiary/aromatic N) is 1. The van der Waals surface area contributed by atoms with E-state index in [9.17, 15) is 4.79 Å². The first kappa shape index (κ1) is 13.0. The molecule has 0 aromatic heterocycles. The van der Waals surface area contributed by atoms with Gasteiger partial charge in [0, 0.05) is 30.8 Å². The minimum atomic E-state index is -0.178. The van der Waals surface area contributed by atoms with Crippen LogP contribution < -0.4 is 10.2 Å².